The first-order chi connectivity index (χ1) is 12.6. The molecule has 132 valence electrons. The van der Waals surface area contributed by atoms with Gasteiger partial charge in [-0.1, -0.05) is 36.4 Å². The monoisotopic (exact) mass is 349 g/mol. The molecular formula is C20H19N3O3. The summed E-state index contributed by atoms with van der Waals surface area (Å²) >= 11 is 0. The minimum Gasteiger partial charge on any atom is -0.468 e. The van der Waals surface area contributed by atoms with Crippen molar-refractivity contribution in [3.8, 4) is 6.07 Å². The molecular weight excluding hydrogens is 330 g/mol. The van der Waals surface area contributed by atoms with Crippen molar-refractivity contribution in [2.75, 3.05) is 19.0 Å². The van der Waals surface area contributed by atoms with Gasteiger partial charge in [0.1, 0.15) is 12.1 Å². The normalized spacial score (nSPS) is 16.2. The first-order valence-electron chi connectivity index (χ1n) is 8.30. The lowest BCUT2D eigenvalue weighted by atomic mass is 9.94. The number of fused-ring (bicyclic) bond motifs is 1. The molecule has 0 unspecified atom stereocenters. The maximum Gasteiger partial charge on any atom is 0.323 e. The van der Waals surface area contributed by atoms with Crippen LogP contribution in [0, 0.1) is 11.3 Å². The largest absolute Gasteiger partial charge is 0.468 e. The summed E-state index contributed by atoms with van der Waals surface area (Å²) in [5.74, 6) is -0.634. The number of para-hydroxylation sites is 1. The van der Waals surface area contributed by atoms with Crippen molar-refractivity contribution in [3.05, 3.63) is 65.2 Å². The highest BCUT2D eigenvalue weighted by molar-refractivity contribution is 5.94. The van der Waals surface area contributed by atoms with Crippen LogP contribution in [0.25, 0.3) is 0 Å². The number of hydrogen-bond acceptors (Lipinski definition) is 5. The number of carbonyl (C=O) groups excluding carboxylic acids is 2. The molecule has 1 heterocycles. The van der Waals surface area contributed by atoms with E-state index in [4.69, 9.17) is 10.00 Å². The van der Waals surface area contributed by atoms with Gasteiger partial charge in [-0.05, 0) is 29.7 Å². The first kappa shape index (κ1) is 17.6. The number of nitriles is 1. The number of nitrogens with zero attached hydrogens (tertiary/aromatic N) is 2. The zero-order valence-corrected chi connectivity index (χ0v) is 14.4. The Morgan fingerprint density at radius 3 is 2.62 bits per heavy atom. The Balaban J connectivity index is 1.77. The summed E-state index contributed by atoms with van der Waals surface area (Å²) in [6.45, 7) is 0.525. The van der Waals surface area contributed by atoms with Crippen LogP contribution in [0.5, 0.6) is 0 Å². The van der Waals surface area contributed by atoms with E-state index in [1.165, 1.54) is 7.11 Å². The van der Waals surface area contributed by atoms with Crippen LogP contribution in [0.4, 0.5) is 5.69 Å². The van der Waals surface area contributed by atoms with Gasteiger partial charge in [-0.2, -0.15) is 5.26 Å². The van der Waals surface area contributed by atoms with Crippen molar-refractivity contribution in [1.29, 1.82) is 5.26 Å². The Bertz CT molecular complexity index is 873. The zero-order chi connectivity index (χ0) is 18.5. The summed E-state index contributed by atoms with van der Waals surface area (Å²) in [6.07, 6.45) is 0.505. The fourth-order valence-corrected chi connectivity index (χ4v) is 3.18. The molecule has 6 heteroatoms. The Morgan fingerprint density at radius 1 is 1.19 bits per heavy atom. The maximum atomic E-state index is 12.5. The van der Waals surface area contributed by atoms with Gasteiger partial charge < -0.3 is 10.1 Å². The van der Waals surface area contributed by atoms with E-state index >= 15 is 0 Å². The molecule has 0 aromatic heterocycles. The van der Waals surface area contributed by atoms with E-state index in [0.717, 1.165) is 11.1 Å². The molecule has 1 aliphatic rings. The topological polar surface area (TPSA) is 82.4 Å². The van der Waals surface area contributed by atoms with Crippen molar-refractivity contribution in [2.45, 2.75) is 19.0 Å². The molecule has 1 amide bonds. The fourth-order valence-electron chi connectivity index (χ4n) is 3.18. The van der Waals surface area contributed by atoms with Gasteiger partial charge >= 0.3 is 5.97 Å². The van der Waals surface area contributed by atoms with E-state index in [0.29, 0.717) is 24.2 Å². The minimum absolute atomic E-state index is 0.0356. The number of carbonyl (C=O) groups is 2. The second-order valence-corrected chi connectivity index (χ2v) is 6.12. The van der Waals surface area contributed by atoms with Crippen LogP contribution in [0.15, 0.2) is 48.5 Å². The predicted octanol–water partition coefficient (Wildman–Crippen LogP) is 2.10. The number of anilines is 1. The van der Waals surface area contributed by atoms with Gasteiger partial charge in [0, 0.05) is 6.54 Å². The van der Waals surface area contributed by atoms with Gasteiger partial charge in [-0.25, -0.2) is 0 Å². The summed E-state index contributed by atoms with van der Waals surface area (Å²) < 4.78 is 4.92. The number of nitrogens with one attached hydrogen (secondary N) is 1. The summed E-state index contributed by atoms with van der Waals surface area (Å²) in [5, 5.41) is 11.9. The number of benzene rings is 2. The van der Waals surface area contributed by atoms with Crippen LogP contribution < -0.4 is 5.32 Å². The number of esters is 1. The highest BCUT2D eigenvalue weighted by atomic mass is 16.5. The van der Waals surface area contributed by atoms with Gasteiger partial charge in [0.25, 0.3) is 0 Å². The predicted molar refractivity (Wildman–Crippen MR) is 96.1 cm³/mol. The third kappa shape index (κ3) is 3.73. The number of amides is 1. The van der Waals surface area contributed by atoms with E-state index < -0.39 is 6.04 Å². The number of ether oxygens (including phenoxy) is 1. The Morgan fingerprint density at radius 2 is 1.88 bits per heavy atom. The molecule has 1 atom stereocenters. The molecule has 26 heavy (non-hydrogen) atoms. The second kappa shape index (κ2) is 7.81. The molecule has 0 fully saturated rings. The number of methoxy groups -OCH3 is 1. The van der Waals surface area contributed by atoms with Crippen LogP contribution in [0.3, 0.4) is 0 Å². The SMILES string of the molecule is COC(=O)[C@@H]1Cc2ccccc2CN1CC(=O)Nc1ccccc1C#N. The summed E-state index contributed by atoms with van der Waals surface area (Å²) in [5.41, 5.74) is 3.05. The second-order valence-electron chi connectivity index (χ2n) is 6.12. The van der Waals surface area contributed by atoms with Crippen molar-refractivity contribution >= 4 is 17.6 Å². The van der Waals surface area contributed by atoms with Crippen molar-refractivity contribution in [2.24, 2.45) is 0 Å². The number of hydrogen-bond donors (Lipinski definition) is 1. The van der Waals surface area contributed by atoms with E-state index in [2.05, 4.69) is 11.4 Å². The molecule has 0 saturated heterocycles. The third-order valence-electron chi connectivity index (χ3n) is 4.49. The molecule has 3 rings (SSSR count). The standard InChI is InChI=1S/C20H19N3O3/c1-26-20(25)18-10-14-6-2-3-8-16(14)12-23(18)13-19(24)22-17-9-5-4-7-15(17)11-21/h2-9,18H,10,12-13H2,1H3,(H,22,24)/t18-/m0/s1. The molecule has 0 saturated carbocycles. The molecule has 1 aliphatic heterocycles. The summed E-state index contributed by atoms with van der Waals surface area (Å²) in [6, 6.07) is 16.2. The lowest BCUT2D eigenvalue weighted by Crippen LogP contribution is -2.49. The van der Waals surface area contributed by atoms with Gasteiger partial charge in [-0.3, -0.25) is 14.5 Å². The Labute approximate surface area is 152 Å². The lowest BCUT2D eigenvalue weighted by Gasteiger charge is -2.34. The van der Waals surface area contributed by atoms with Crippen LogP contribution >= 0.6 is 0 Å². The minimum atomic E-state index is -0.508. The van der Waals surface area contributed by atoms with Gasteiger partial charge in [0.2, 0.25) is 5.91 Å². The molecule has 2 aromatic carbocycles. The van der Waals surface area contributed by atoms with Gasteiger partial charge in [0.15, 0.2) is 0 Å². The Kier molecular flexibility index (Phi) is 5.30. The molecule has 2 aromatic rings. The van der Waals surface area contributed by atoms with E-state index in [-0.39, 0.29) is 18.4 Å². The van der Waals surface area contributed by atoms with Crippen molar-refractivity contribution in [1.82, 2.24) is 4.90 Å². The summed E-state index contributed by atoms with van der Waals surface area (Å²) in [7, 11) is 1.35. The smallest absolute Gasteiger partial charge is 0.323 e. The maximum absolute atomic E-state index is 12.5. The molecule has 6 nitrogen and oxygen atoms in total. The van der Waals surface area contributed by atoms with E-state index in [1.807, 2.05) is 24.3 Å². The third-order valence-corrected chi connectivity index (χ3v) is 4.49. The average Bonchev–Trinajstić information content (AvgIpc) is 2.67. The van der Waals surface area contributed by atoms with Gasteiger partial charge in [-0.15, -0.1) is 0 Å². The quantitative estimate of drug-likeness (QED) is 0.855. The fraction of sp³-hybridized carbons (Fsp3) is 0.250. The van der Waals surface area contributed by atoms with Crippen molar-refractivity contribution in [3.63, 3.8) is 0 Å². The summed E-state index contributed by atoms with van der Waals surface area (Å²) in [4.78, 5) is 26.5. The number of rotatable bonds is 4. The first-order valence-corrected chi connectivity index (χ1v) is 8.30. The Hall–Kier alpha value is -3.17. The van der Waals surface area contributed by atoms with Crippen LogP contribution in [0.1, 0.15) is 16.7 Å². The van der Waals surface area contributed by atoms with E-state index in [1.54, 1.807) is 29.2 Å². The van der Waals surface area contributed by atoms with Crippen LogP contribution in [-0.4, -0.2) is 36.5 Å². The van der Waals surface area contributed by atoms with Crippen molar-refractivity contribution < 1.29 is 14.3 Å². The lowest BCUT2D eigenvalue weighted by molar-refractivity contribution is -0.148. The molecule has 1 N–H and O–H groups in total. The average molecular weight is 349 g/mol. The van der Waals surface area contributed by atoms with Crippen LogP contribution in [0.2, 0.25) is 0 Å². The van der Waals surface area contributed by atoms with Crippen LogP contribution in [-0.2, 0) is 27.3 Å². The highest BCUT2D eigenvalue weighted by Crippen LogP contribution is 2.24. The molecule has 0 aliphatic carbocycles. The molecule has 0 bridgehead atoms. The molecule has 0 spiro atoms. The van der Waals surface area contributed by atoms with Gasteiger partial charge in [0.05, 0.1) is 24.9 Å². The zero-order valence-electron chi connectivity index (χ0n) is 14.4. The molecule has 0 radical (unpaired) electrons. The highest BCUT2D eigenvalue weighted by Gasteiger charge is 2.33. The van der Waals surface area contributed by atoms with E-state index in [9.17, 15) is 9.59 Å².